The first-order valence-corrected chi connectivity index (χ1v) is 5.91. The zero-order valence-corrected chi connectivity index (χ0v) is 10.7. The monoisotopic (exact) mass is 223 g/mol. The summed E-state index contributed by atoms with van der Waals surface area (Å²) in [5.74, 6) is -0.159. The minimum absolute atomic E-state index is 0.159. The number of rotatable bonds is 4. The highest BCUT2D eigenvalue weighted by atomic mass is 19.1. The lowest BCUT2D eigenvalue weighted by Gasteiger charge is -2.24. The predicted molar refractivity (Wildman–Crippen MR) is 66.9 cm³/mol. The smallest absolute Gasteiger partial charge is 0.123 e. The Morgan fingerprint density at radius 3 is 2.50 bits per heavy atom. The van der Waals surface area contributed by atoms with Gasteiger partial charge < -0.3 is 5.32 Å². The molecule has 1 atom stereocenters. The van der Waals surface area contributed by atoms with Gasteiger partial charge in [-0.3, -0.25) is 0 Å². The Hall–Kier alpha value is -0.890. The first-order valence-electron chi connectivity index (χ1n) is 5.91. The summed E-state index contributed by atoms with van der Waals surface area (Å²) >= 11 is 0. The number of hydrogen-bond donors (Lipinski definition) is 1. The van der Waals surface area contributed by atoms with Gasteiger partial charge in [-0.2, -0.15) is 0 Å². The lowest BCUT2D eigenvalue weighted by atomic mass is 9.95. The van der Waals surface area contributed by atoms with Crippen LogP contribution < -0.4 is 5.32 Å². The summed E-state index contributed by atoms with van der Waals surface area (Å²) in [5.41, 5.74) is 1.28. The maximum Gasteiger partial charge on any atom is 0.123 e. The van der Waals surface area contributed by atoms with Crippen LogP contribution >= 0.6 is 0 Å². The van der Waals surface area contributed by atoms with Crippen molar-refractivity contribution >= 4 is 0 Å². The summed E-state index contributed by atoms with van der Waals surface area (Å²) in [7, 11) is 0. The minimum atomic E-state index is -0.159. The average molecular weight is 223 g/mol. The van der Waals surface area contributed by atoms with Crippen LogP contribution in [0.1, 0.15) is 45.7 Å². The molecule has 0 aromatic heterocycles. The van der Waals surface area contributed by atoms with Crippen molar-refractivity contribution in [2.24, 2.45) is 5.41 Å². The Morgan fingerprint density at radius 2 is 2.00 bits per heavy atom. The Kier molecular flexibility index (Phi) is 4.48. The van der Waals surface area contributed by atoms with Crippen molar-refractivity contribution in [2.75, 3.05) is 6.54 Å². The number of halogens is 1. The van der Waals surface area contributed by atoms with Crippen LogP contribution in [0.25, 0.3) is 0 Å². The van der Waals surface area contributed by atoms with Crippen LogP contribution in [0.5, 0.6) is 0 Å². The van der Waals surface area contributed by atoms with Crippen LogP contribution in [0.2, 0.25) is 0 Å². The minimum Gasteiger partial charge on any atom is -0.309 e. The predicted octanol–water partition coefficient (Wildman–Crippen LogP) is 3.91. The van der Waals surface area contributed by atoms with Crippen LogP contribution in [0.4, 0.5) is 4.39 Å². The van der Waals surface area contributed by atoms with Gasteiger partial charge in [0.25, 0.3) is 0 Å². The Morgan fingerprint density at radius 1 is 1.31 bits per heavy atom. The molecule has 0 aliphatic rings. The summed E-state index contributed by atoms with van der Waals surface area (Å²) in [6.45, 7) is 9.63. The van der Waals surface area contributed by atoms with Crippen LogP contribution in [-0.2, 0) is 0 Å². The zero-order valence-electron chi connectivity index (χ0n) is 10.7. The molecule has 0 aliphatic carbocycles. The highest BCUT2D eigenvalue weighted by molar-refractivity contribution is 5.20. The van der Waals surface area contributed by atoms with E-state index in [0.717, 1.165) is 18.5 Å². The van der Waals surface area contributed by atoms with Crippen molar-refractivity contribution in [1.82, 2.24) is 5.32 Å². The molecule has 0 saturated carbocycles. The summed E-state index contributed by atoms with van der Waals surface area (Å²) in [6, 6.07) is 7.10. The molecule has 0 saturated heterocycles. The van der Waals surface area contributed by atoms with Gasteiger partial charge in [0.1, 0.15) is 5.82 Å². The zero-order chi connectivity index (χ0) is 12.2. The van der Waals surface area contributed by atoms with Crippen LogP contribution in [0, 0.1) is 11.2 Å². The molecule has 0 bridgehead atoms. The first-order chi connectivity index (χ1) is 7.42. The van der Waals surface area contributed by atoms with Crippen molar-refractivity contribution in [3.63, 3.8) is 0 Å². The SMILES string of the molecule is CCC(NCC(C)(C)C)c1cccc(F)c1. The molecule has 0 spiro atoms. The van der Waals surface area contributed by atoms with E-state index in [1.807, 2.05) is 6.07 Å². The van der Waals surface area contributed by atoms with Gasteiger partial charge in [0, 0.05) is 12.6 Å². The van der Waals surface area contributed by atoms with Crippen molar-refractivity contribution < 1.29 is 4.39 Å². The standard InChI is InChI=1S/C14H22FN/c1-5-13(16-10-14(2,3)4)11-7-6-8-12(15)9-11/h6-9,13,16H,5,10H2,1-4H3. The van der Waals surface area contributed by atoms with Gasteiger partial charge in [0.05, 0.1) is 0 Å². The molecule has 1 nitrogen and oxygen atoms in total. The topological polar surface area (TPSA) is 12.0 Å². The summed E-state index contributed by atoms with van der Waals surface area (Å²) in [6.07, 6.45) is 0.972. The molecule has 0 radical (unpaired) electrons. The largest absolute Gasteiger partial charge is 0.309 e. The van der Waals surface area contributed by atoms with E-state index in [1.165, 1.54) is 6.07 Å². The fraction of sp³-hybridized carbons (Fsp3) is 0.571. The highest BCUT2D eigenvalue weighted by Crippen LogP contribution is 2.20. The van der Waals surface area contributed by atoms with Gasteiger partial charge in [0.15, 0.2) is 0 Å². The van der Waals surface area contributed by atoms with E-state index in [-0.39, 0.29) is 17.3 Å². The van der Waals surface area contributed by atoms with E-state index in [1.54, 1.807) is 12.1 Å². The van der Waals surface area contributed by atoms with Crippen LogP contribution in [-0.4, -0.2) is 6.54 Å². The fourth-order valence-corrected chi connectivity index (χ4v) is 1.65. The number of hydrogen-bond acceptors (Lipinski definition) is 1. The van der Waals surface area contributed by atoms with Crippen molar-refractivity contribution in [3.8, 4) is 0 Å². The molecule has 1 aromatic rings. The van der Waals surface area contributed by atoms with E-state index in [9.17, 15) is 4.39 Å². The van der Waals surface area contributed by atoms with Gasteiger partial charge >= 0.3 is 0 Å². The summed E-state index contributed by atoms with van der Waals surface area (Å²) in [4.78, 5) is 0. The van der Waals surface area contributed by atoms with E-state index in [0.29, 0.717) is 0 Å². The summed E-state index contributed by atoms with van der Waals surface area (Å²) < 4.78 is 13.1. The Labute approximate surface area is 98.1 Å². The van der Waals surface area contributed by atoms with E-state index < -0.39 is 0 Å². The second-order valence-corrected chi connectivity index (χ2v) is 5.46. The van der Waals surface area contributed by atoms with Crippen molar-refractivity contribution in [1.29, 1.82) is 0 Å². The normalized spacial score (nSPS) is 13.8. The van der Waals surface area contributed by atoms with Crippen LogP contribution in [0.3, 0.4) is 0 Å². The molecule has 0 amide bonds. The van der Waals surface area contributed by atoms with Crippen LogP contribution in [0.15, 0.2) is 24.3 Å². The Bertz CT molecular complexity index is 328. The summed E-state index contributed by atoms with van der Waals surface area (Å²) in [5, 5.41) is 3.49. The van der Waals surface area contributed by atoms with E-state index >= 15 is 0 Å². The molecule has 90 valence electrons. The van der Waals surface area contributed by atoms with E-state index in [2.05, 4.69) is 33.0 Å². The van der Waals surface area contributed by atoms with Gasteiger partial charge in [0.2, 0.25) is 0 Å². The lowest BCUT2D eigenvalue weighted by Crippen LogP contribution is -2.30. The molecule has 1 rings (SSSR count). The molecule has 0 heterocycles. The second-order valence-electron chi connectivity index (χ2n) is 5.46. The molecule has 1 aromatic carbocycles. The van der Waals surface area contributed by atoms with Gasteiger partial charge in [-0.05, 0) is 29.5 Å². The maximum absolute atomic E-state index is 13.1. The molecular formula is C14H22FN. The molecular weight excluding hydrogens is 201 g/mol. The quantitative estimate of drug-likeness (QED) is 0.816. The Balaban J connectivity index is 2.68. The third-order valence-corrected chi connectivity index (χ3v) is 2.54. The van der Waals surface area contributed by atoms with Gasteiger partial charge in [-0.1, -0.05) is 39.8 Å². The van der Waals surface area contributed by atoms with Gasteiger partial charge in [-0.25, -0.2) is 4.39 Å². The third-order valence-electron chi connectivity index (χ3n) is 2.54. The fourth-order valence-electron chi connectivity index (χ4n) is 1.65. The second kappa shape index (κ2) is 5.44. The molecule has 1 unspecified atom stereocenters. The molecule has 2 heteroatoms. The lowest BCUT2D eigenvalue weighted by molar-refractivity contribution is 0.349. The molecule has 0 aliphatic heterocycles. The van der Waals surface area contributed by atoms with E-state index in [4.69, 9.17) is 0 Å². The van der Waals surface area contributed by atoms with Gasteiger partial charge in [-0.15, -0.1) is 0 Å². The number of benzene rings is 1. The van der Waals surface area contributed by atoms with Crippen molar-refractivity contribution in [3.05, 3.63) is 35.6 Å². The maximum atomic E-state index is 13.1. The van der Waals surface area contributed by atoms with Crippen molar-refractivity contribution in [2.45, 2.75) is 40.2 Å². The number of nitrogens with one attached hydrogen (secondary N) is 1. The molecule has 0 fully saturated rings. The molecule has 1 N–H and O–H groups in total. The average Bonchev–Trinajstić information content (AvgIpc) is 2.17. The highest BCUT2D eigenvalue weighted by Gasteiger charge is 2.14. The third kappa shape index (κ3) is 4.31. The molecule has 16 heavy (non-hydrogen) atoms. The first kappa shape index (κ1) is 13.2.